The summed E-state index contributed by atoms with van der Waals surface area (Å²) in [5.41, 5.74) is 1.07. The molecule has 6 nitrogen and oxygen atoms in total. The number of carbonyl (C=O) groups is 2. The van der Waals surface area contributed by atoms with Gasteiger partial charge in [-0.15, -0.1) is 0 Å². The van der Waals surface area contributed by atoms with Crippen molar-refractivity contribution in [3.05, 3.63) is 59.2 Å². The first kappa shape index (κ1) is 21.1. The molecule has 2 amide bonds. The van der Waals surface area contributed by atoms with Crippen molar-refractivity contribution in [3.8, 4) is 11.5 Å². The molecule has 0 spiro atoms. The first-order chi connectivity index (χ1) is 14.9. The second-order valence-electron chi connectivity index (χ2n) is 7.78. The molecule has 8 heteroatoms. The molecule has 2 unspecified atom stereocenters. The molecule has 2 fully saturated rings. The van der Waals surface area contributed by atoms with Gasteiger partial charge in [0.15, 0.2) is 23.1 Å². The average molecular weight is 430 g/mol. The Balaban J connectivity index is 1.36. The molecular weight excluding hydrogens is 406 g/mol. The summed E-state index contributed by atoms with van der Waals surface area (Å²) in [5.74, 6) is -1.37. The van der Waals surface area contributed by atoms with E-state index in [0.717, 1.165) is 6.07 Å². The number of ether oxygens (including phenoxy) is 2. The van der Waals surface area contributed by atoms with Crippen molar-refractivity contribution in [2.45, 2.75) is 12.3 Å². The highest BCUT2D eigenvalue weighted by atomic mass is 19.2. The molecule has 1 aliphatic carbocycles. The topological polar surface area (TPSA) is 59.1 Å². The fourth-order valence-electron chi connectivity index (χ4n) is 4.17. The number of nitrogens with zero attached hydrogens (tertiary/aromatic N) is 2. The van der Waals surface area contributed by atoms with Gasteiger partial charge in [0.1, 0.15) is 0 Å². The molecule has 0 aromatic heterocycles. The van der Waals surface area contributed by atoms with Crippen LogP contribution in [0.1, 0.15) is 28.3 Å². The van der Waals surface area contributed by atoms with E-state index in [1.54, 1.807) is 28.0 Å². The molecule has 164 valence electrons. The fourth-order valence-corrected chi connectivity index (χ4v) is 4.17. The third-order valence-corrected chi connectivity index (χ3v) is 5.99. The number of benzene rings is 2. The number of carbonyl (C=O) groups excluding carboxylic acids is 2. The number of piperazine rings is 1. The monoisotopic (exact) mass is 430 g/mol. The number of rotatable bonds is 5. The lowest BCUT2D eigenvalue weighted by atomic mass is 10.1. The summed E-state index contributed by atoms with van der Waals surface area (Å²) in [4.78, 5) is 29.3. The Bertz CT molecular complexity index is 1010. The Hall–Kier alpha value is -3.16. The van der Waals surface area contributed by atoms with Crippen molar-refractivity contribution < 1.29 is 27.8 Å². The lowest BCUT2D eigenvalue weighted by molar-refractivity contribution is -0.134. The molecule has 2 atom stereocenters. The van der Waals surface area contributed by atoms with Gasteiger partial charge >= 0.3 is 0 Å². The lowest BCUT2D eigenvalue weighted by Gasteiger charge is -2.35. The number of methoxy groups -OCH3 is 2. The van der Waals surface area contributed by atoms with E-state index in [0.29, 0.717) is 55.2 Å². The second kappa shape index (κ2) is 8.53. The number of hydrogen-bond donors (Lipinski definition) is 0. The van der Waals surface area contributed by atoms with E-state index >= 15 is 0 Å². The van der Waals surface area contributed by atoms with Gasteiger partial charge < -0.3 is 19.3 Å². The van der Waals surface area contributed by atoms with Gasteiger partial charge in [-0.05, 0) is 42.2 Å². The number of hydrogen-bond acceptors (Lipinski definition) is 4. The third kappa shape index (κ3) is 4.06. The van der Waals surface area contributed by atoms with E-state index in [-0.39, 0.29) is 23.7 Å². The zero-order valence-electron chi connectivity index (χ0n) is 17.4. The Morgan fingerprint density at radius 1 is 0.935 bits per heavy atom. The fraction of sp³-hybridized carbons (Fsp3) is 0.391. The maximum Gasteiger partial charge on any atom is 0.257 e. The smallest absolute Gasteiger partial charge is 0.257 e. The van der Waals surface area contributed by atoms with E-state index in [9.17, 15) is 18.4 Å². The van der Waals surface area contributed by atoms with Crippen LogP contribution in [0.3, 0.4) is 0 Å². The van der Waals surface area contributed by atoms with Crippen LogP contribution in [0.5, 0.6) is 11.5 Å². The Kier molecular flexibility index (Phi) is 5.80. The van der Waals surface area contributed by atoms with Gasteiger partial charge in [0.05, 0.1) is 19.8 Å². The molecule has 4 rings (SSSR count). The van der Waals surface area contributed by atoms with Gasteiger partial charge in [-0.3, -0.25) is 9.59 Å². The number of para-hydroxylation sites is 1. The number of halogens is 2. The first-order valence-corrected chi connectivity index (χ1v) is 10.2. The van der Waals surface area contributed by atoms with E-state index in [1.165, 1.54) is 26.4 Å². The van der Waals surface area contributed by atoms with E-state index in [1.807, 2.05) is 0 Å². The predicted octanol–water partition coefficient (Wildman–Crippen LogP) is 3.07. The molecule has 1 saturated carbocycles. The number of amides is 2. The van der Waals surface area contributed by atoms with Crippen LogP contribution in [0, 0.1) is 17.6 Å². The molecule has 1 aliphatic heterocycles. The summed E-state index contributed by atoms with van der Waals surface area (Å²) < 4.78 is 37.3. The van der Waals surface area contributed by atoms with Crippen molar-refractivity contribution >= 4 is 11.8 Å². The van der Waals surface area contributed by atoms with Crippen LogP contribution in [0.4, 0.5) is 8.78 Å². The average Bonchev–Trinajstić information content (AvgIpc) is 3.60. The van der Waals surface area contributed by atoms with Gasteiger partial charge in [0.2, 0.25) is 5.91 Å². The van der Waals surface area contributed by atoms with Crippen LogP contribution in [-0.4, -0.2) is 62.0 Å². The summed E-state index contributed by atoms with van der Waals surface area (Å²) in [6.45, 7) is 1.68. The quantitative estimate of drug-likeness (QED) is 0.732. The van der Waals surface area contributed by atoms with Crippen molar-refractivity contribution in [1.82, 2.24) is 9.80 Å². The van der Waals surface area contributed by atoms with E-state index < -0.39 is 11.6 Å². The molecule has 0 radical (unpaired) electrons. The maximum atomic E-state index is 13.5. The molecule has 2 aromatic carbocycles. The summed E-state index contributed by atoms with van der Waals surface area (Å²) in [5, 5.41) is 0. The zero-order valence-corrected chi connectivity index (χ0v) is 17.4. The molecule has 2 aliphatic rings. The van der Waals surface area contributed by atoms with Crippen molar-refractivity contribution in [2.24, 2.45) is 5.92 Å². The minimum Gasteiger partial charge on any atom is -0.493 e. The van der Waals surface area contributed by atoms with Crippen molar-refractivity contribution in [2.75, 3.05) is 40.4 Å². The van der Waals surface area contributed by atoms with Crippen LogP contribution in [0.15, 0.2) is 36.4 Å². The Morgan fingerprint density at radius 3 is 2.29 bits per heavy atom. The summed E-state index contributed by atoms with van der Waals surface area (Å²) in [6, 6.07) is 8.96. The normalized spacial score (nSPS) is 20.4. The molecular formula is C23H24F2N2O4. The van der Waals surface area contributed by atoms with Crippen LogP contribution >= 0.6 is 0 Å². The zero-order chi connectivity index (χ0) is 22.1. The standard InChI is InChI=1S/C23H24F2N2O4/c1-30-20-5-3-4-15(21(20)31-2)22(28)26-8-10-27(11-9-26)23(29)17-13-16(17)14-6-7-18(24)19(25)12-14/h3-7,12,16-17H,8-11,13H2,1-2H3. The van der Waals surface area contributed by atoms with Gasteiger partial charge in [-0.1, -0.05) is 12.1 Å². The summed E-state index contributed by atoms with van der Waals surface area (Å²) in [7, 11) is 3.01. The summed E-state index contributed by atoms with van der Waals surface area (Å²) in [6.07, 6.45) is 0.629. The van der Waals surface area contributed by atoms with Crippen LogP contribution in [0.25, 0.3) is 0 Å². The molecule has 2 aromatic rings. The minimum absolute atomic E-state index is 0.000734. The van der Waals surface area contributed by atoms with Gasteiger partial charge in [0, 0.05) is 32.1 Å². The lowest BCUT2D eigenvalue weighted by Crippen LogP contribution is -2.51. The molecule has 0 N–H and O–H groups in total. The first-order valence-electron chi connectivity index (χ1n) is 10.2. The Morgan fingerprint density at radius 2 is 1.65 bits per heavy atom. The molecule has 1 heterocycles. The maximum absolute atomic E-state index is 13.5. The van der Waals surface area contributed by atoms with Gasteiger partial charge in [-0.2, -0.15) is 0 Å². The highest BCUT2D eigenvalue weighted by Gasteiger charge is 2.46. The largest absolute Gasteiger partial charge is 0.493 e. The Labute approximate surface area is 179 Å². The molecule has 1 saturated heterocycles. The predicted molar refractivity (Wildman–Crippen MR) is 109 cm³/mol. The van der Waals surface area contributed by atoms with Crippen LogP contribution in [-0.2, 0) is 4.79 Å². The van der Waals surface area contributed by atoms with Gasteiger partial charge in [0.25, 0.3) is 5.91 Å². The van der Waals surface area contributed by atoms with E-state index in [4.69, 9.17) is 9.47 Å². The summed E-state index contributed by atoms with van der Waals surface area (Å²) >= 11 is 0. The highest BCUT2D eigenvalue weighted by molar-refractivity contribution is 5.98. The second-order valence-corrected chi connectivity index (χ2v) is 7.78. The van der Waals surface area contributed by atoms with Crippen LogP contribution < -0.4 is 9.47 Å². The highest BCUT2D eigenvalue weighted by Crippen LogP contribution is 2.48. The molecule has 0 bridgehead atoms. The SMILES string of the molecule is COc1cccc(C(=O)N2CCN(C(=O)C3CC3c3ccc(F)c(F)c3)CC2)c1OC. The molecule has 31 heavy (non-hydrogen) atoms. The van der Waals surface area contributed by atoms with Gasteiger partial charge in [-0.25, -0.2) is 8.78 Å². The van der Waals surface area contributed by atoms with E-state index in [2.05, 4.69) is 0 Å². The third-order valence-electron chi connectivity index (χ3n) is 5.99. The van der Waals surface area contributed by atoms with Crippen LogP contribution in [0.2, 0.25) is 0 Å². The van der Waals surface area contributed by atoms with Crippen molar-refractivity contribution in [1.29, 1.82) is 0 Å². The van der Waals surface area contributed by atoms with Crippen molar-refractivity contribution in [3.63, 3.8) is 0 Å². The minimum atomic E-state index is -0.893.